The van der Waals surface area contributed by atoms with Gasteiger partial charge in [-0.1, -0.05) is 24.3 Å². The predicted octanol–water partition coefficient (Wildman–Crippen LogP) is 3.78. The van der Waals surface area contributed by atoms with Crippen LogP contribution in [0.4, 0.5) is 5.69 Å². The van der Waals surface area contributed by atoms with Crippen LogP contribution in [0.2, 0.25) is 0 Å². The number of benzene rings is 2. The highest BCUT2D eigenvalue weighted by Gasteiger charge is 2.03. The van der Waals surface area contributed by atoms with Gasteiger partial charge in [0.1, 0.15) is 5.75 Å². The molecule has 0 spiro atoms. The van der Waals surface area contributed by atoms with Crippen molar-refractivity contribution in [3.63, 3.8) is 0 Å². The normalized spacial score (nSPS) is 10.2. The van der Waals surface area contributed by atoms with Crippen LogP contribution in [-0.2, 0) is 12.8 Å². The predicted molar refractivity (Wildman–Crippen MR) is 78.1 cm³/mol. The van der Waals surface area contributed by atoms with Gasteiger partial charge in [-0.05, 0) is 42.5 Å². The van der Waals surface area contributed by atoms with Crippen LogP contribution >= 0.6 is 0 Å². The van der Waals surface area contributed by atoms with E-state index in [4.69, 9.17) is 4.74 Å². The number of rotatable bonds is 6. The van der Waals surface area contributed by atoms with Crippen molar-refractivity contribution >= 4 is 5.69 Å². The summed E-state index contributed by atoms with van der Waals surface area (Å²) in [5.41, 5.74) is 2.54. The third-order valence-corrected chi connectivity index (χ3v) is 3.24. The Balaban J connectivity index is 1.84. The first-order valence-corrected chi connectivity index (χ1v) is 6.55. The number of hydrogen-bond donors (Lipinski definition) is 0. The lowest BCUT2D eigenvalue weighted by atomic mass is 10.0. The largest absolute Gasteiger partial charge is 0.497 e. The molecule has 0 bridgehead atoms. The van der Waals surface area contributed by atoms with E-state index in [1.807, 2.05) is 24.3 Å². The summed E-state index contributed by atoms with van der Waals surface area (Å²) in [4.78, 5) is 10.2. The summed E-state index contributed by atoms with van der Waals surface area (Å²) < 4.78 is 5.12. The van der Waals surface area contributed by atoms with E-state index < -0.39 is 0 Å². The number of nitro benzene ring substituents is 1. The Morgan fingerprint density at radius 1 is 0.950 bits per heavy atom. The third kappa shape index (κ3) is 3.82. The van der Waals surface area contributed by atoms with Gasteiger partial charge in [0, 0.05) is 12.1 Å². The maximum absolute atomic E-state index is 10.6. The van der Waals surface area contributed by atoms with Crippen LogP contribution in [0.3, 0.4) is 0 Å². The molecule has 20 heavy (non-hydrogen) atoms. The van der Waals surface area contributed by atoms with Gasteiger partial charge in [-0.2, -0.15) is 0 Å². The Kier molecular flexibility index (Phi) is 4.71. The smallest absolute Gasteiger partial charge is 0.269 e. The summed E-state index contributed by atoms with van der Waals surface area (Å²) in [6.45, 7) is 0. The molecule has 104 valence electrons. The van der Waals surface area contributed by atoms with Crippen LogP contribution in [0.5, 0.6) is 5.75 Å². The molecular weight excluding hydrogens is 254 g/mol. The quantitative estimate of drug-likeness (QED) is 0.593. The van der Waals surface area contributed by atoms with Crippen molar-refractivity contribution < 1.29 is 9.66 Å². The van der Waals surface area contributed by atoms with Crippen molar-refractivity contribution in [1.82, 2.24) is 0 Å². The molecule has 2 rings (SSSR count). The van der Waals surface area contributed by atoms with Gasteiger partial charge in [0.25, 0.3) is 5.69 Å². The third-order valence-electron chi connectivity index (χ3n) is 3.24. The Bertz CT molecular complexity index is 561. The van der Waals surface area contributed by atoms with E-state index in [9.17, 15) is 10.1 Å². The Hall–Kier alpha value is -2.36. The van der Waals surface area contributed by atoms with Crippen molar-refractivity contribution in [2.24, 2.45) is 0 Å². The zero-order valence-electron chi connectivity index (χ0n) is 11.4. The molecule has 0 saturated heterocycles. The molecule has 0 saturated carbocycles. The SMILES string of the molecule is COc1ccc(CCCc2ccc([N+](=O)[O-])cc2)cc1. The average Bonchev–Trinajstić information content (AvgIpc) is 2.48. The monoisotopic (exact) mass is 271 g/mol. The summed E-state index contributed by atoms with van der Waals surface area (Å²) in [7, 11) is 1.66. The van der Waals surface area contributed by atoms with E-state index in [0.717, 1.165) is 30.6 Å². The molecule has 0 N–H and O–H groups in total. The van der Waals surface area contributed by atoms with Gasteiger partial charge in [-0.15, -0.1) is 0 Å². The van der Waals surface area contributed by atoms with Gasteiger partial charge in [0.15, 0.2) is 0 Å². The van der Waals surface area contributed by atoms with Crippen LogP contribution in [0.25, 0.3) is 0 Å². The molecule has 0 aliphatic heterocycles. The van der Waals surface area contributed by atoms with Gasteiger partial charge in [-0.25, -0.2) is 0 Å². The summed E-state index contributed by atoms with van der Waals surface area (Å²) >= 11 is 0. The molecule has 0 fully saturated rings. The molecular formula is C16H17NO3. The molecule has 0 amide bonds. The topological polar surface area (TPSA) is 52.4 Å². The fraction of sp³-hybridized carbons (Fsp3) is 0.250. The Labute approximate surface area is 118 Å². The molecule has 4 nitrogen and oxygen atoms in total. The number of nitro groups is 1. The van der Waals surface area contributed by atoms with E-state index in [-0.39, 0.29) is 10.6 Å². The van der Waals surface area contributed by atoms with E-state index in [1.165, 1.54) is 5.56 Å². The van der Waals surface area contributed by atoms with Crippen LogP contribution in [-0.4, -0.2) is 12.0 Å². The minimum atomic E-state index is -0.374. The molecule has 2 aromatic rings. The average molecular weight is 271 g/mol. The Morgan fingerprint density at radius 3 is 1.90 bits per heavy atom. The molecule has 0 atom stereocenters. The van der Waals surface area contributed by atoms with Gasteiger partial charge >= 0.3 is 0 Å². The summed E-state index contributed by atoms with van der Waals surface area (Å²) in [5.74, 6) is 0.865. The van der Waals surface area contributed by atoms with Crippen LogP contribution in [0.15, 0.2) is 48.5 Å². The summed E-state index contributed by atoms with van der Waals surface area (Å²) in [5, 5.41) is 10.6. The molecule has 0 aliphatic carbocycles. The first-order valence-electron chi connectivity index (χ1n) is 6.55. The second-order valence-corrected chi connectivity index (χ2v) is 4.63. The molecule has 0 unspecified atom stereocenters. The molecule has 4 heteroatoms. The first-order chi connectivity index (χ1) is 9.69. The van der Waals surface area contributed by atoms with Crippen LogP contribution in [0.1, 0.15) is 17.5 Å². The standard InChI is InChI=1S/C16H17NO3/c1-20-16-11-7-14(8-12-16)4-2-3-13-5-9-15(10-6-13)17(18)19/h5-12H,2-4H2,1H3. The molecule has 0 aromatic heterocycles. The van der Waals surface area contributed by atoms with Gasteiger partial charge in [0.05, 0.1) is 12.0 Å². The lowest BCUT2D eigenvalue weighted by Crippen LogP contribution is -1.92. The van der Waals surface area contributed by atoms with Gasteiger partial charge in [0.2, 0.25) is 0 Å². The molecule has 2 aromatic carbocycles. The van der Waals surface area contributed by atoms with Crippen molar-refractivity contribution in [3.05, 3.63) is 69.8 Å². The number of non-ortho nitro benzene ring substituents is 1. The number of nitrogens with zero attached hydrogens (tertiary/aromatic N) is 1. The highest BCUT2D eigenvalue weighted by atomic mass is 16.6. The molecule has 0 aliphatic rings. The maximum Gasteiger partial charge on any atom is 0.269 e. The second kappa shape index (κ2) is 6.70. The maximum atomic E-state index is 10.6. The van der Waals surface area contributed by atoms with Crippen molar-refractivity contribution in [1.29, 1.82) is 0 Å². The zero-order chi connectivity index (χ0) is 14.4. The summed E-state index contributed by atoms with van der Waals surface area (Å²) in [6, 6.07) is 14.8. The minimum Gasteiger partial charge on any atom is -0.497 e. The van der Waals surface area contributed by atoms with E-state index >= 15 is 0 Å². The number of aryl methyl sites for hydroxylation is 2. The van der Waals surface area contributed by atoms with Crippen molar-refractivity contribution in [2.75, 3.05) is 7.11 Å². The van der Waals surface area contributed by atoms with Crippen molar-refractivity contribution in [3.8, 4) is 5.75 Å². The van der Waals surface area contributed by atoms with E-state index in [0.29, 0.717) is 0 Å². The lowest BCUT2D eigenvalue weighted by molar-refractivity contribution is -0.384. The van der Waals surface area contributed by atoms with E-state index in [2.05, 4.69) is 12.1 Å². The van der Waals surface area contributed by atoms with E-state index in [1.54, 1.807) is 19.2 Å². The summed E-state index contributed by atoms with van der Waals surface area (Å²) in [6.07, 6.45) is 2.93. The van der Waals surface area contributed by atoms with Crippen LogP contribution < -0.4 is 4.74 Å². The van der Waals surface area contributed by atoms with Crippen LogP contribution in [0, 0.1) is 10.1 Å². The lowest BCUT2D eigenvalue weighted by Gasteiger charge is -2.04. The number of hydrogen-bond acceptors (Lipinski definition) is 3. The Morgan fingerprint density at radius 2 is 1.45 bits per heavy atom. The zero-order valence-corrected chi connectivity index (χ0v) is 11.4. The minimum absolute atomic E-state index is 0.143. The van der Waals surface area contributed by atoms with Crippen molar-refractivity contribution in [2.45, 2.75) is 19.3 Å². The van der Waals surface area contributed by atoms with Gasteiger partial charge in [-0.3, -0.25) is 10.1 Å². The van der Waals surface area contributed by atoms with Gasteiger partial charge < -0.3 is 4.74 Å². The molecule has 0 heterocycles. The molecule has 0 radical (unpaired) electrons. The number of methoxy groups -OCH3 is 1. The highest BCUT2D eigenvalue weighted by molar-refractivity contribution is 5.33. The fourth-order valence-electron chi connectivity index (χ4n) is 2.07. The second-order valence-electron chi connectivity index (χ2n) is 4.63. The number of ether oxygens (including phenoxy) is 1. The first kappa shape index (κ1) is 14.1. The highest BCUT2D eigenvalue weighted by Crippen LogP contribution is 2.16. The fourth-order valence-corrected chi connectivity index (χ4v) is 2.07.